The second-order valence-corrected chi connectivity index (χ2v) is 6.28. The monoisotopic (exact) mass is 309 g/mol. The smallest absolute Gasteiger partial charge is 0.234 e. The molecule has 0 bridgehead atoms. The van der Waals surface area contributed by atoms with E-state index in [-0.39, 0.29) is 11.9 Å². The molecule has 1 aliphatic heterocycles. The number of halogens is 1. The third kappa shape index (κ3) is 5.30. The second kappa shape index (κ2) is 7.78. The Bertz CT molecular complexity index is 472. The van der Waals surface area contributed by atoms with Gasteiger partial charge in [-0.3, -0.25) is 9.69 Å². The summed E-state index contributed by atoms with van der Waals surface area (Å²) in [6, 6.07) is 8.12. The van der Waals surface area contributed by atoms with E-state index >= 15 is 0 Å². The molecule has 0 spiro atoms. The van der Waals surface area contributed by atoms with Crippen LogP contribution < -0.4 is 11.1 Å². The maximum Gasteiger partial charge on any atom is 0.234 e. The van der Waals surface area contributed by atoms with Crippen molar-refractivity contribution in [3.05, 3.63) is 34.9 Å². The fourth-order valence-electron chi connectivity index (χ4n) is 2.68. The number of piperidine rings is 1. The molecule has 1 saturated heterocycles. The Hall–Kier alpha value is -1.10. The highest BCUT2D eigenvalue weighted by Gasteiger charge is 2.19. The molecule has 1 amide bonds. The molecule has 2 rings (SSSR count). The minimum Gasteiger partial charge on any atom is -0.352 e. The van der Waals surface area contributed by atoms with Crippen molar-refractivity contribution in [2.45, 2.75) is 38.3 Å². The number of hydrogen-bond acceptors (Lipinski definition) is 3. The van der Waals surface area contributed by atoms with Crippen molar-refractivity contribution in [2.75, 3.05) is 19.6 Å². The average molecular weight is 310 g/mol. The van der Waals surface area contributed by atoms with Crippen molar-refractivity contribution in [1.29, 1.82) is 0 Å². The lowest BCUT2D eigenvalue weighted by Gasteiger charge is -2.29. The highest BCUT2D eigenvalue weighted by molar-refractivity contribution is 6.31. The third-order valence-electron chi connectivity index (χ3n) is 3.89. The minimum absolute atomic E-state index is 0.0736. The Kier molecular flexibility index (Phi) is 6.03. The molecule has 1 atom stereocenters. The second-order valence-electron chi connectivity index (χ2n) is 5.88. The number of nitrogens with two attached hydrogens (primary N) is 1. The number of carbonyl (C=O) groups excluding carboxylic acids is 1. The van der Waals surface area contributed by atoms with E-state index in [2.05, 4.69) is 10.2 Å². The molecule has 0 radical (unpaired) electrons. The summed E-state index contributed by atoms with van der Waals surface area (Å²) in [7, 11) is 0. The van der Waals surface area contributed by atoms with Crippen LogP contribution in [-0.4, -0.2) is 42.5 Å². The number of rotatable bonds is 5. The van der Waals surface area contributed by atoms with Gasteiger partial charge in [-0.2, -0.15) is 0 Å². The van der Waals surface area contributed by atoms with Crippen LogP contribution in [0.15, 0.2) is 24.3 Å². The number of nitrogens with zero attached hydrogens (tertiary/aromatic N) is 1. The van der Waals surface area contributed by atoms with Crippen LogP contribution in [0.1, 0.15) is 25.3 Å². The standard InChI is InChI=1S/C16H24ClN3O/c1-12(10-13-4-2-3-5-15(13)17)19-16(21)11-20-8-6-14(18)7-9-20/h2-5,12,14H,6-11,18H2,1H3,(H,19,21). The molecule has 1 fully saturated rings. The molecule has 1 heterocycles. The van der Waals surface area contributed by atoms with Crippen LogP contribution in [-0.2, 0) is 11.2 Å². The third-order valence-corrected chi connectivity index (χ3v) is 4.26. The first kappa shape index (κ1) is 16.3. The maximum absolute atomic E-state index is 12.1. The SMILES string of the molecule is CC(Cc1ccccc1Cl)NC(=O)CN1CCC(N)CC1. The van der Waals surface area contributed by atoms with Gasteiger partial charge in [0.25, 0.3) is 0 Å². The Morgan fingerprint density at radius 2 is 2.10 bits per heavy atom. The minimum atomic E-state index is 0.0736. The molecule has 1 aromatic carbocycles. The quantitative estimate of drug-likeness (QED) is 0.872. The predicted octanol–water partition coefficient (Wildman–Crippen LogP) is 1.81. The van der Waals surface area contributed by atoms with Gasteiger partial charge in [-0.1, -0.05) is 29.8 Å². The van der Waals surface area contributed by atoms with Gasteiger partial charge in [0.2, 0.25) is 5.91 Å². The lowest BCUT2D eigenvalue weighted by molar-refractivity contribution is -0.123. The van der Waals surface area contributed by atoms with Crippen LogP contribution in [0.2, 0.25) is 5.02 Å². The van der Waals surface area contributed by atoms with Crippen molar-refractivity contribution in [1.82, 2.24) is 10.2 Å². The summed E-state index contributed by atoms with van der Waals surface area (Å²) in [4.78, 5) is 14.2. The Morgan fingerprint density at radius 1 is 1.43 bits per heavy atom. The van der Waals surface area contributed by atoms with Gasteiger partial charge in [-0.25, -0.2) is 0 Å². The van der Waals surface area contributed by atoms with Crippen LogP contribution in [0.4, 0.5) is 0 Å². The number of nitrogens with one attached hydrogen (secondary N) is 1. The molecule has 0 aliphatic carbocycles. The summed E-state index contributed by atoms with van der Waals surface area (Å²) in [6.07, 6.45) is 2.70. The van der Waals surface area contributed by atoms with Crippen LogP contribution >= 0.6 is 11.6 Å². The number of likely N-dealkylation sites (tertiary alicyclic amines) is 1. The molecule has 1 unspecified atom stereocenters. The van der Waals surface area contributed by atoms with E-state index < -0.39 is 0 Å². The molecule has 21 heavy (non-hydrogen) atoms. The normalized spacial score (nSPS) is 18.4. The van der Waals surface area contributed by atoms with E-state index in [1.807, 2.05) is 31.2 Å². The number of carbonyl (C=O) groups is 1. The van der Waals surface area contributed by atoms with Crippen molar-refractivity contribution in [3.63, 3.8) is 0 Å². The predicted molar refractivity (Wildman–Crippen MR) is 86.4 cm³/mol. The average Bonchev–Trinajstić information content (AvgIpc) is 2.44. The van der Waals surface area contributed by atoms with Crippen LogP contribution in [0, 0.1) is 0 Å². The van der Waals surface area contributed by atoms with Crippen molar-refractivity contribution < 1.29 is 4.79 Å². The Balaban J connectivity index is 1.76. The lowest BCUT2D eigenvalue weighted by atomic mass is 10.1. The molecular formula is C16H24ClN3O. The topological polar surface area (TPSA) is 58.4 Å². The van der Waals surface area contributed by atoms with E-state index in [9.17, 15) is 4.79 Å². The molecule has 1 aliphatic rings. The van der Waals surface area contributed by atoms with Gasteiger partial charge in [0.15, 0.2) is 0 Å². The Labute approximate surface area is 131 Å². The van der Waals surface area contributed by atoms with E-state index in [0.29, 0.717) is 12.6 Å². The first-order valence-electron chi connectivity index (χ1n) is 7.55. The zero-order valence-corrected chi connectivity index (χ0v) is 13.3. The molecular weight excluding hydrogens is 286 g/mol. The fraction of sp³-hybridized carbons (Fsp3) is 0.562. The highest BCUT2D eigenvalue weighted by Crippen LogP contribution is 2.16. The van der Waals surface area contributed by atoms with Gasteiger partial charge in [0.05, 0.1) is 6.54 Å². The van der Waals surface area contributed by atoms with Gasteiger partial charge in [-0.15, -0.1) is 0 Å². The summed E-state index contributed by atoms with van der Waals surface area (Å²) >= 11 is 6.14. The van der Waals surface area contributed by atoms with Gasteiger partial charge in [-0.05, 0) is 37.8 Å². The van der Waals surface area contributed by atoms with Gasteiger partial charge in [0.1, 0.15) is 0 Å². The maximum atomic E-state index is 12.1. The van der Waals surface area contributed by atoms with Crippen LogP contribution in [0.25, 0.3) is 0 Å². The van der Waals surface area contributed by atoms with E-state index in [1.165, 1.54) is 0 Å². The molecule has 5 heteroatoms. The molecule has 3 N–H and O–H groups in total. The zero-order valence-electron chi connectivity index (χ0n) is 12.5. The molecule has 4 nitrogen and oxygen atoms in total. The van der Waals surface area contributed by atoms with E-state index in [4.69, 9.17) is 17.3 Å². The van der Waals surface area contributed by atoms with Gasteiger partial charge >= 0.3 is 0 Å². The van der Waals surface area contributed by atoms with Crippen molar-refractivity contribution in [3.8, 4) is 0 Å². The molecule has 0 aromatic heterocycles. The summed E-state index contributed by atoms with van der Waals surface area (Å²) < 4.78 is 0. The first-order valence-corrected chi connectivity index (χ1v) is 7.93. The molecule has 0 saturated carbocycles. The zero-order chi connectivity index (χ0) is 15.2. The van der Waals surface area contributed by atoms with E-state index in [0.717, 1.165) is 42.9 Å². The summed E-state index contributed by atoms with van der Waals surface area (Å²) in [5.41, 5.74) is 6.93. The summed E-state index contributed by atoms with van der Waals surface area (Å²) in [5, 5.41) is 3.80. The Morgan fingerprint density at radius 3 is 2.76 bits per heavy atom. The van der Waals surface area contributed by atoms with E-state index in [1.54, 1.807) is 0 Å². The first-order chi connectivity index (χ1) is 10.0. The largest absolute Gasteiger partial charge is 0.352 e. The molecule has 116 valence electrons. The van der Waals surface area contributed by atoms with Gasteiger partial charge < -0.3 is 11.1 Å². The fourth-order valence-corrected chi connectivity index (χ4v) is 2.89. The van der Waals surface area contributed by atoms with Gasteiger partial charge in [0, 0.05) is 30.2 Å². The summed E-state index contributed by atoms with van der Waals surface area (Å²) in [5.74, 6) is 0.0741. The number of benzene rings is 1. The van der Waals surface area contributed by atoms with Crippen molar-refractivity contribution in [2.24, 2.45) is 5.73 Å². The van der Waals surface area contributed by atoms with Crippen LogP contribution in [0.5, 0.6) is 0 Å². The van der Waals surface area contributed by atoms with Crippen LogP contribution in [0.3, 0.4) is 0 Å². The lowest BCUT2D eigenvalue weighted by Crippen LogP contribution is -2.46. The number of amides is 1. The molecule has 1 aromatic rings. The summed E-state index contributed by atoms with van der Waals surface area (Å²) in [6.45, 7) is 4.29. The highest BCUT2D eigenvalue weighted by atomic mass is 35.5. The number of hydrogen-bond donors (Lipinski definition) is 2. The van der Waals surface area contributed by atoms with Crippen molar-refractivity contribution >= 4 is 17.5 Å².